The summed E-state index contributed by atoms with van der Waals surface area (Å²) in [7, 11) is 0. The van der Waals surface area contributed by atoms with E-state index < -0.39 is 0 Å². The maximum absolute atomic E-state index is 11.7. The molecule has 14 heavy (non-hydrogen) atoms. The molecule has 0 unspecified atom stereocenters. The van der Waals surface area contributed by atoms with E-state index in [0.717, 1.165) is 0 Å². The van der Waals surface area contributed by atoms with E-state index in [-0.39, 0.29) is 11.7 Å². The van der Waals surface area contributed by atoms with Gasteiger partial charge in [-0.2, -0.15) is 0 Å². The van der Waals surface area contributed by atoms with Crippen molar-refractivity contribution in [2.75, 3.05) is 0 Å². The van der Waals surface area contributed by atoms with Gasteiger partial charge in [-0.1, -0.05) is 12.8 Å². The smallest absolute Gasteiger partial charge is 0.410 e. The Morgan fingerprint density at radius 2 is 1.71 bits per heavy atom. The van der Waals surface area contributed by atoms with Crippen LogP contribution in [0.1, 0.15) is 46.5 Å². The zero-order chi connectivity index (χ0) is 10.3. The molecule has 0 spiro atoms. The summed E-state index contributed by atoms with van der Waals surface area (Å²) in [6.45, 7) is 5.74. The molecule has 1 aliphatic heterocycles. The van der Waals surface area contributed by atoms with Gasteiger partial charge in [0, 0.05) is 0 Å². The van der Waals surface area contributed by atoms with Crippen molar-refractivity contribution in [1.29, 1.82) is 0 Å². The van der Waals surface area contributed by atoms with E-state index in [1.165, 1.54) is 25.7 Å². The van der Waals surface area contributed by atoms with Crippen LogP contribution < -0.4 is 0 Å². The van der Waals surface area contributed by atoms with Gasteiger partial charge in [0.25, 0.3) is 0 Å². The van der Waals surface area contributed by atoms with Crippen LogP contribution in [-0.2, 0) is 4.74 Å². The van der Waals surface area contributed by atoms with Crippen LogP contribution in [0, 0.1) is 0 Å². The minimum absolute atomic E-state index is 0.116. The summed E-state index contributed by atoms with van der Waals surface area (Å²) in [5, 5.41) is 0. The highest BCUT2D eigenvalue weighted by Crippen LogP contribution is 2.41. The predicted octanol–water partition coefficient (Wildman–Crippen LogP) is 2.55. The van der Waals surface area contributed by atoms with Crippen molar-refractivity contribution in [3.63, 3.8) is 0 Å². The second-order valence-corrected chi connectivity index (χ2v) is 5.31. The number of likely N-dealkylation sites (tertiary alicyclic amines) is 1. The average Bonchev–Trinajstić information content (AvgIpc) is 2.73. The van der Waals surface area contributed by atoms with Gasteiger partial charge in [0.2, 0.25) is 0 Å². The van der Waals surface area contributed by atoms with E-state index in [2.05, 4.69) is 0 Å². The number of amides is 1. The minimum Gasteiger partial charge on any atom is -0.444 e. The quantitative estimate of drug-likeness (QED) is 0.558. The lowest BCUT2D eigenvalue weighted by molar-refractivity contribution is 0.0394. The number of nitrogens with zero attached hydrogens (tertiary/aromatic N) is 1. The molecule has 0 N–H and O–H groups in total. The fraction of sp³-hybridized carbons (Fsp3) is 0.909. The van der Waals surface area contributed by atoms with Crippen molar-refractivity contribution >= 4 is 6.09 Å². The molecule has 0 aromatic carbocycles. The van der Waals surface area contributed by atoms with E-state index in [1.807, 2.05) is 25.7 Å². The third-order valence-electron chi connectivity index (χ3n) is 2.92. The SMILES string of the molecule is CC(C)(C)OC(=O)N1[C@@H]2CCCC[C@H]21. The van der Waals surface area contributed by atoms with Crippen molar-refractivity contribution in [2.45, 2.75) is 64.1 Å². The van der Waals surface area contributed by atoms with Gasteiger partial charge in [-0.3, -0.25) is 4.90 Å². The van der Waals surface area contributed by atoms with Gasteiger partial charge < -0.3 is 4.74 Å². The molecule has 1 saturated heterocycles. The van der Waals surface area contributed by atoms with Crippen LogP contribution in [0.4, 0.5) is 4.79 Å². The molecular weight excluding hydrogens is 178 g/mol. The molecule has 0 aromatic rings. The third kappa shape index (κ3) is 1.86. The first-order valence-electron chi connectivity index (χ1n) is 5.50. The molecule has 0 radical (unpaired) electrons. The third-order valence-corrected chi connectivity index (χ3v) is 2.92. The number of rotatable bonds is 0. The first kappa shape index (κ1) is 9.81. The molecule has 1 heterocycles. The Bertz CT molecular complexity index is 232. The van der Waals surface area contributed by atoms with Gasteiger partial charge >= 0.3 is 6.09 Å². The zero-order valence-corrected chi connectivity index (χ0v) is 9.25. The first-order valence-corrected chi connectivity index (χ1v) is 5.50. The number of hydrogen-bond acceptors (Lipinski definition) is 2. The summed E-state index contributed by atoms with van der Waals surface area (Å²) in [5.41, 5.74) is -0.358. The monoisotopic (exact) mass is 197 g/mol. The molecule has 2 rings (SSSR count). The summed E-state index contributed by atoms with van der Waals surface area (Å²) in [6, 6.07) is 0.997. The Hall–Kier alpha value is -0.730. The van der Waals surface area contributed by atoms with Gasteiger partial charge in [0.1, 0.15) is 5.60 Å². The van der Waals surface area contributed by atoms with Crippen LogP contribution in [0.3, 0.4) is 0 Å². The minimum atomic E-state index is -0.358. The van der Waals surface area contributed by atoms with E-state index in [9.17, 15) is 4.79 Å². The number of fused-ring (bicyclic) bond motifs is 1. The van der Waals surface area contributed by atoms with E-state index >= 15 is 0 Å². The zero-order valence-electron chi connectivity index (χ0n) is 9.25. The summed E-state index contributed by atoms with van der Waals surface area (Å²) in [4.78, 5) is 13.6. The molecule has 2 aliphatic rings. The van der Waals surface area contributed by atoms with Crippen LogP contribution >= 0.6 is 0 Å². The molecule has 80 valence electrons. The molecule has 3 nitrogen and oxygen atoms in total. The number of carbonyl (C=O) groups excluding carboxylic acids is 1. The Morgan fingerprint density at radius 1 is 1.21 bits per heavy atom. The van der Waals surface area contributed by atoms with Crippen LogP contribution in [0.25, 0.3) is 0 Å². The van der Waals surface area contributed by atoms with E-state index in [4.69, 9.17) is 4.74 Å². The Balaban J connectivity index is 1.88. The average molecular weight is 197 g/mol. The highest BCUT2D eigenvalue weighted by atomic mass is 16.6. The normalized spacial score (nSPS) is 30.9. The van der Waals surface area contributed by atoms with Crippen molar-refractivity contribution in [3.8, 4) is 0 Å². The molecule has 3 heteroatoms. The summed E-state index contributed by atoms with van der Waals surface area (Å²) in [6.07, 6.45) is 4.75. The molecule has 1 amide bonds. The summed E-state index contributed by atoms with van der Waals surface area (Å²) < 4.78 is 5.34. The van der Waals surface area contributed by atoms with Crippen LogP contribution in [0.15, 0.2) is 0 Å². The largest absolute Gasteiger partial charge is 0.444 e. The van der Waals surface area contributed by atoms with Crippen LogP contribution in [0.5, 0.6) is 0 Å². The van der Waals surface area contributed by atoms with Gasteiger partial charge in [0.15, 0.2) is 0 Å². The number of carbonyl (C=O) groups is 1. The number of hydrogen-bond donors (Lipinski definition) is 0. The molecule has 0 aromatic heterocycles. The van der Waals surface area contributed by atoms with Gasteiger partial charge in [-0.05, 0) is 33.6 Å². The maximum atomic E-state index is 11.7. The van der Waals surface area contributed by atoms with Crippen molar-refractivity contribution in [3.05, 3.63) is 0 Å². The second-order valence-electron chi connectivity index (χ2n) is 5.31. The molecular formula is C11H19NO2. The fourth-order valence-corrected chi connectivity index (χ4v) is 2.29. The van der Waals surface area contributed by atoms with Gasteiger partial charge in [-0.25, -0.2) is 4.79 Å². The van der Waals surface area contributed by atoms with E-state index in [1.54, 1.807) is 0 Å². The molecule has 0 bridgehead atoms. The van der Waals surface area contributed by atoms with Crippen LogP contribution in [0.2, 0.25) is 0 Å². The second kappa shape index (κ2) is 3.14. The fourth-order valence-electron chi connectivity index (χ4n) is 2.29. The number of ether oxygens (including phenoxy) is 1. The first-order chi connectivity index (χ1) is 6.49. The molecule has 1 saturated carbocycles. The maximum Gasteiger partial charge on any atom is 0.410 e. The molecule has 2 atom stereocenters. The molecule has 2 fully saturated rings. The van der Waals surface area contributed by atoms with Crippen molar-refractivity contribution < 1.29 is 9.53 Å². The molecule has 1 aliphatic carbocycles. The van der Waals surface area contributed by atoms with Crippen molar-refractivity contribution in [1.82, 2.24) is 4.90 Å². The Kier molecular flexibility index (Phi) is 2.20. The van der Waals surface area contributed by atoms with Gasteiger partial charge in [0.05, 0.1) is 12.1 Å². The van der Waals surface area contributed by atoms with Crippen LogP contribution in [-0.4, -0.2) is 28.7 Å². The van der Waals surface area contributed by atoms with Crippen molar-refractivity contribution in [2.24, 2.45) is 0 Å². The lowest BCUT2D eigenvalue weighted by atomic mass is 10.0. The van der Waals surface area contributed by atoms with E-state index in [0.29, 0.717) is 12.1 Å². The lowest BCUT2D eigenvalue weighted by Crippen LogP contribution is -2.28. The predicted molar refractivity (Wildman–Crippen MR) is 54.1 cm³/mol. The Morgan fingerprint density at radius 3 is 2.14 bits per heavy atom. The lowest BCUT2D eigenvalue weighted by Gasteiger charge is -2.20. The highest BCUT2D eigenvalue weighted by Gasteiger charge is 2.52. The standard InChI is InChI=1S/C11H19NO2/c1-11(2,3)14-10(13)12-8-6-4-5-7-9(8)12/h8-9H,4-7H2,1-3H3/t8-,9-/m1/s1. The topological polar surface area (TPSA) is 29.3 Å². The highest BCUT2D eigenvalue weighted by molar-refractivity contribution is 5.72. The Labute approximate surface area is 85.4 Å². The van der Waals surface area contributed by atoms with Gasteiger partial charge in [-0.15, -0.1) is 0 Å². The summed E-state index contributed by atoms with van der Waals surface area (Å²) in [5.74, 6) is 0. The summed E-state index contributed by atoms with van der Waals surface area (Å²) >= 11 is 0.